The van der Waals surface area contributed by atoms with Gasteiger partial charge in [0.1, 0.15) is 5.82 Å². The van der Waals surface area contributed by atoms with E-state index < -0.39 is 0 Å². The highest BCUT2D eigenvalue weighted by molar-refractivity contribution is 5.75. The van der Waals surface area contributed by atoms with Crippen LogP contribution in [-0.4, -0.2) is 35.9 Å². The van der Waals surface area contributed by atoms with Gasteiger partial charge in [-0.15, -0.1) is 0 Å². The molecule has 31 heavy (non-hydrogen) atoms. The molecule has 0 radical (unpaired) electrons. The maximum absolute atomic E-state index is 6.34. The topological polar surface area (TPSA) is 48.3 Å². The quantitative estimate of drug-likeness (QED) is 0.621. The minimum absolute atomic E-state index is 0.332. The second-order valence-electron chi connectivity index (χ2n) is 9.17. The van der Waals surface area contributed by atoms with Gasteiger partial charge in [0.05, 0.1) is 24.2 Å². The number of hydrogen-bond acceptors (Lipinski definition) is 4. The highest BCUT2D eigenvalue weighted by Gasteiger charge is 2.26. The average Bonchev–Trinajstić information content (AvgIpc) is 3.42. The predicted octanol–water partition coefficient (Wildman–Crippen LogP) is 4.84. The molecule has 1 aliphatic heterocycles. The Labute approximate surface area is 184 Å². The molecule has 2 heterocycles. The Morgan fingerprint density at radius 3 is 2.71 bits per heavy atom. The lowest BCUT2D eigenvalue weighted by Crippen LogP contribution is -2.36. The van der Waals surface area contributed by atoms with E-state index in [1.807, 2.05) is 0 Å². The summed E-state index contributed by atoms with van der Waals surface area (Å²) >= 11 is 0. The smallest absolute Gasteiger partial charge is 0.161 e. The van der Waals surface area contributed by atoms with E-state index in [2.05, 4.69) is 59.4 Å². The number of benzene rings is 2. The predicted molar refractivity (Wildman–Crippen MR) is 124 cm³/mol. The number of imidazole rings is 1. The molecule has 2 aromatic carbocycles. The van der Waals surface area contributed by atoms with Gasteiger partial charge in [0.2, 0.25) is 0 Å². The molecule has 3 aromatic rings. The summed E-state index contributed by atoms with van der Waals surface area (Å²) in [6.07, 6.45) is 7.32. The lowest BCUT2D eigenvalue weighted by molar-refractivity contribution is 0.200. The lowest BCUT2D eigenvalue weighted by Gasteiger charge is -2.30. The standard InChI is InChI=1S/C26H33N3O2/c1-29-23-10-6-5-9-22(23)28-26(29)14-18-13-20(17-27-16-18)19-11-12-24(30-2)25(15-19)31-21-7-3-4-8-21/h5-6,9-12,15,18,20-21,27H,3-4,7-8,13-14,16-17H2,1-2H3/t18-,20+/m0/s1. The van der Waals surface area contributed by atoms with Crippen LogP contribution in [0.15, 0.2) is 42.5 Å². The molecule has 164 valence electrons. The first-order valence-corrected chi connectivity index (χ1v) is 11.7. The van der Waals surface area contributed by atoms with Crippen LogP contribution in [0.4, 0.5) is 0 Å². The number of aromatic nitrogens is 2. The van der Waals surface area contributed by atoms with Crippen molar-refractivity contribution in [2.45, 2.75) is 50.5 Å². The molecule has 1 saturated heterocycles. The number of nitrogens with zero attached hydrogens (tertiary/aromatic N) is 2. The van der Waals surface area contributed by atoms with Crippen molar-refractivity contribution in [1.82, 2.24) is 14.9 Å². The van der Waals surface area contributed by atoms with Gasteiger partial charge in [-0.1, -0.05) is 18.2 Å². The number of methoxy groups -OCH3 is 1. The monoisotopic (exact) mass is 419 g/mol. The van der Waals surface area contributed by atoms with Gasteiger partial charge in [0.25, 0.3) is 0 Å². The number of para-hydroxylation sites is 2. The van der Waals surface area contributed by atoms with E-state index in [1.165, 1.54) is 29.7 Å². The van der Waals surface area contributed by atoms with Crippen molar-refractivity contribution in [3.8, 4) is 11.5 Å². The summed E-state index contributed by atoms with van der Waals surface area (Å²) in [5.74, 6) is 3.97. The van der Waals surface area contributed by atoms with Crippen LogP contribution >= 0.6 is 0 Å². The third-order valence-corrected chi connectivity index (χ3v) is 7.05. The van der Waals surface area contributed by atoms with Crippen molar-refractivity contribution in [3.05, 3.63) is 53.9 Å². The zero-order valence-corrected chi connectivity index (χ0v) is 18.6. The van der Waals surface area contributed by atoms with E-state index in [1.54, 1.807) is 7.11 Å². The van der Waals surface area contributed by atoms with Crippen molar-refractivity contribution in [3.63, 3.8) is 0 Å². The molecule has 5 nitrogen and oxygen atoms in total. The van der Waals surface area contributed by atoms with Crippen LogP contribution in [0, 0.1) is 5.92 Å². The van der Waals surface area contributed by atoms with E-state index >= 15 is 0 Å². The highest BCUT2D eigenvalue weighted by Crippen LogP contribution is 2.37. The Morgan fingerprint density at radius 2 is 1.90 bits per heavy atom. The number of fused-ring (bicyclic) bond motifs is 1. The van der Waals surface area contributed by atoms with Crippen LogP contribution in [0.1, 0.15) is 49.4 Å². The lowest BCUT2D eigenvalue weighted by atomic mass is 9.84. The van der Waals surface area contributed by atoms with Gasteiger partial charge in [-0.05, 0) is 80.3 Å². The fraction of sp³-hybridized carbons (Fsp3) is 0.500. The molecular formula is C26H33N3O2. The molecule has 1 N–H and O–H groups in total. The minimum Gasteiger partial charge on any atom is -0.493 e. The number of hydrogen-bond donors (Lipinski definition) is 1. The van der Waals surface area contributed by atoms with Crippen LogP contribution < -0.4 is 14.8 Å². The minimum atomic E-state index is 0.332. The Bertz CT molecular complexity index is 1040. The second-order valence-corrected chi connectivity index (χ2v) is 9.17. The SMILES string of the molecule is COc1ccc([C@H]2CNC[C@H](Cc3nc4ccccc4n3C)C2)cc1OC1CCCC1. The van der Waals surface area contributed by atoms with Crippen molar-refractivity contribution in [2.24, 2.45) is 13.0 Å². The molecule has 0 spiro atoms. The maximum atomic E-state index is 6.34. The molecule has 1 aromatic heterocycles. The highest BCUT2D eigenvalue weighted by atomic mass is 16.5. The van der Waals surface area contributed by atoms with E-state index in [0.29, 0.717) is 17.9 Å². The zero-order chi connectivity index (χ0) is 21.2. The summed E-state index contributed by atoms with van der Waals surface area (Å²) in [4.78, 5) is 4.90. The first-order chi connectivity index (χ1) is 15.2. The molecule has 0 amide bonds. The maximum Gasteiger partial charge on any atom is 0.161 e. The van der Waals surface area contributed by atoms with Gasteiger partial charge < -0.3 is 19.4 Å². The molecule has 0 unspecified atom stereocenters. The van der Waals surface area contributed by atoms with Gasteiger partial charge in [0, 0.05) is 20.0 Å². The molecule has 5 rings (SSSR count). The first-order valence-electron chi connectivity index (χ1n) is 11.7. The Morgan fingerprint density at radius 1 is 1.06 bits per heavy atom. The van der Waals surface area contributed by atoms with Crippen LogP contribution in [0.25, 0.3) is 11.0 Å². The first kappa shape index (κ1) is 20.4. The van der Waals surface area contributed by atoms with Gasteiger partial charge in [-0.2, -0.15) is 0 Å². The molecule has 2 atom stereocenters. The van der Waals surface area contributed by atoms with Crippen LogP contribution in [0.3, 0.4) is 0 Å². The summed E-state index contributed by atoms with van der Waals surface area (Å²) in [6, 6.07) is 14.9. The average molecular weight is 420 g/mol. The van der Waals surface area contributed by atoms with E-state index in [-0.39, 0.29) is 0 Å². The summed E-state index contributed by atoms with van der Waals surface area (Å²) < 4.78 is 14.2. The molecule has 1 saturated carbocycles. The van der Waals surface area contributed by atoms with Gasteiger partial charge in [-0.3, -0.25) is 0 Å². The second kappa shape index (κ2) is 8.91. The van der Waals surface area contributed by atoms with Crippen molar-refractivity contribution >= 4 is 11.0 Å². The van der Waals surface area contributed by atoms with Crippen LogP contribution in [-0.2, 0) is 13.5 Å². The van der Waals surface area contributed by atoms with Crippen LogP contribution in [0.2, 0.25) is 0 Å². The summed E-state index contributed by atoms with van der Waals surface area (Å²) in [5, 5.41) is 3.67. The third-order valence-electron chi connectivity index (χ3n) is 7.05. The number of nitrogens with one attached hydrogen (secondary N) is 1. The zero-order valence-electron chi connectivity index (χ0n) is 18.6. The molecule has 2 aliphatic rings. The Kier molecular flexibility index (Phi) is 5.86. The van der Waals surface area contributed by atoms with Gasteiger partial charge in [-0.25, -0.2) is 4.98 Å². The van der Waals surface area contributed by atoms with Crippen molar-refractivity contribution < 1.29 is 9.47 Å². The van der Waals surface area contributed by atoms with E-state index in [0.717, 1.165) is 55.8 Å². The molecule has 2 fully saturated rings. The fourth-order valence-corrected chi connectivity index (χ4v) is 5.30. The summed E-state index contributed by atoms with van der Waals surface area (Å²) in [5.41, 5.74) is 3.64. The van der Waals surface area contributed by atoms with E-state index in [4.69, 9.17) is 14.5 Å². The van der Waals surface area contributed by atoms with Crippen LogP contribution in [0.5, 0.6) is 11.5 Å². The molecule has 0 bridgehead atoms. The summed E-state index contributed by atoms with van der Waals surface area (Å²) in [7, 11) is 3.86. The number of ether oxygens (including phenoxy) is 2. The Balaban J connectivity index is 1.32. The number of piperidine rings is 1. The normalized spacial score (nSPS) is 22.1. The Hall–Kier alpha value is -2.53. The van der Waals surface area contributed by atoms with Crippen molar-refractivity contribution in [2.75, 3.05) is 20.2 Å². The van der Waals surface area contributed by atoms with Gasteiger partial charge in [0.15, 0.2) is 11.5 Å². The number of aryl methyl sites for hydroxylation is 1. The van der Waals surface area contributed by atoms with E-state index in [9.17, 15) is 0 Å². The largest absolute Gasteiger partial charge is 0.493 e. The van der Waals surface area contributed by atoms with Gasteiger partial charge >= 0.3 is 0 Å². The molecule has 1 aliphatic carbocycles. The number of rotatable bonds is 6. The summed E-state index contributed by atoms with van der Waals surface area (Å²) in [6.45, 7) is 2.05. The molecule has 5 heteroatoms. The third kappa shape index (κ3) is 4.29. The fourth-order valence-electron chi connectivity index (χ4n) is 5.30. The molecular weight excluding hydrogens is 386 g/mol. The van der Waals surface area contributed by atoms with Crippen molar-refractivity contribution in [1.29, 1.82) is 0 Å².